The summed E-state index contributed by atoms with van der Waals surface area (Å²) in [7, 11) is 3.16. The predicted octanol–water partition coefficient (Wildman–Crippen LogP) is 0.212. The van der Waals surface area contributed by atoms with Gasteiger partial charge in [0.2, 0.25) is 5.91 Å². The lowest BCUT2D eigenvalue weighted by molar-refractivity contribution is -0.116. The van der Waals surface area contributed by atoms with Gasteiger partial charge in [0.1, 0.15) is 11.5 Å². The zero-order valence-corrected chi connectivity index (χ0v) is 13.0. The fourth-order valence-electron chi connectivity index (χ4n) is 2.61. The third kappa shape index (κ3) is 2.60. The number of hydrogen-bond acceptors (Lipinski definition) is 5. The zero-order valence-electron chi connectivity index (χ0n) is 13.0. The molecular weight excluding hydrogens is 300 g/mol. The third-order valence-corrected chi connectivity index (χ3v) is 3.75. The van der Waals surface area contributed by atoms with Crippen LogP contribution < -0.4 is 16.2 Å². The Morgan fingerprint density at radius 1 is 1.26 bits per heavy atom. The van der Waals surface area contributed by atoms with Gasteiger partial charge in [-0.15, -0.1) is 0 Å². The van der Waals surface area contributed by atoms with E-state index in [2.05, 4.69) is 20.8 Å². The van der Waals surface area contributed by atoms with Crippen molar-refractivity contribution >= 4 is 23.5 Å². The smallest absolute Gasteiger partial charge is 0.277 e. The summed E-state index contributed by atoms with van der Waals surface area (Å²) in [6.45, 7) is 1.90. The molecule has 0 saturated carbocycles. The summed E-state index contributed by atoms with van der Waals surface area (Å²) in [4.78, 5) is 35.3. The summed E-state index contributed by atoms with van der Waals surface area (Å²) in [5.74, 6) is 0.361. The average Bonchev–Trinajstić information content (AvgIpc) is 2.78. The standard InChI is InChI=1S/C14H16N6O3/c1-7-6-9(21)15-13-11(7)12(18-20(13)3)16-14(23)8-4-5-10(22)19(2)17-8/h4-5,7H,6H2,1-3H3,(H,15,21)(H,16,18,23). The molecule has 1 unspecified atom stereocenters. The molecule has 0 radical (unpaired) electrons. The van der Waals surface area contributed by atoms with Crippen molar-refractivity contribution in [2.45, 2.75) is 19.3 Å². The number of amides is 2. The summed E-state index contributed by atoms with van der Waals surface area (Å²) in [5.41, 5.74) is 0.595. The molecule has 2 amide bonds. The van der Waals surface area contributed by atoms with Crippen molar-refractivity contribution in [3.8, 4) is 0 Å². The minimum absolute atomic E-state index is 0.0594. The number of aromatic nitrogens is 4. The van der Waals surface area contributed by atoms with Gasteiger partial charge in [-0.05, 0) is 12.0 Å². The van der Waals surface area contributed by atoms with Crippen molar-refractivity contribution in [3.63, 3.8) is 0 Å². The first kappa shape index (κ1) is 14.9. The first-order valence-corrected chi connectivity index (χ1v) is 7.09. The monoisotopic (exact) mass is 316 g/mol. The highest BCUT2D eigenvalue weighted by Crippen LogP contribution is 2.36. The van der Waals surface area contributed by atoms with Crippen LogP contribution in [0.2, 0.25) is 0 Å². The van der Waals surface area contributed by atoms with Crippen LogP contribution in [0.1, 0.15) is 35.3 Å². The maximum absolute atomic E-state index is 12.3. The highest BCUT2D eigenvalue weighted by Gasteiger charge is 2.30. The summed E-state index contributed by atoms with van der Waals surface area (Å²) in [6, 6.07) is 2.64. The van der Waals surface area contributed by atoms with Crippen LogP contribution in [-0.4, -0.2) is 31.4 Å². The Kier molecular flexibility index (Phi) is 3.47. The molecule has 1 aliphatic rings. The second kappa shape index (κ2) is 5.34. The van der Waals surface area contributed by atoms with Gasteiger partial charge < -0.3 is 10.6 Å². The molecule has 1 aliphatic heterocycles. The largest absolute Gasteiger partial charge is 0.311 e. The topological polar surface area (TPSA) is 111 Å². The summed E-state index contributed by atoms with van der Waals surface area (Å²) < 4.78 is 2.61. The van der Waals surface area contributed by atoms with E-state index in [0.29, 0.717) is 18.1 Å². The molecule has 23 heavy (non-hydrogen) atoms. The van der Waals surface area contributed by atoms with Gasteiger partial charge in [0.15, 0.2) is 5.82 Å². The quantitative estimate of drug-likeness (QED) is 0.823. The number of carbonyl (C=O) groups is 2. The summed E-state index contributed by atoms with van der Waals surface area (Å²) in [5, 5.41) is 13.6. The lowest BCUT2D eigenvalue weighted by Gasteiger charge is -2.20. The van der Waals surface area contributed by atoms with E-state index in [1.807, 2.05) is 6.92 Å². The molecule has 0 aromatic carbocycles. The highest BCUT2D eigenvalue weighted by atomic mass is 16.2. The number of nitrogens with one attached hydrogen (secondary N) is 2. The van der Waals surface area contributed by atoms with Gasteiger partial charge in [0.05, 0.1) is 0 Å². The van der Waals surface area contributed by atoms with Crippen LogP contribution in [0.4, 0.5) is 11.6 Å². The molecular formula is C14H16N6O3. The number of fused-ring (bicyclic) bond motifs is 1. The molecule has 2 N–H and O–H groups in total. The van der Waals surface area contributed by atoms with Gasteiger partial charge in [0, 0.05) is 32.1 Å². The van der Waals surface area contributed by atoms with E-state index in [4.69, 9.17) is 0 Å². The number of carbonyl (C=O) groups excluding carboxylic acids is 2. The molecule has 3 heterocycles. The molecule has 0 fully saturated rings. The van der Waals surface area contributed by atoms with Crippen molar-refractivity contribution in [2.75, 3.05) is 10.6 Å². The highest BCUT2D eigenvalue weighted by molar-refractivity contribution is 6.04. The molecule has 1 atom stereocenters. The third-order valence-electron chi connectivity index (χ3n) is 3.75. The first-order chi connectivity index (χ1) is 10.9. The average molecular weight is 316 g/mol. The minimum Gasteiger partial charge on any atom is -0.311 e. The molecule has 0 saturated heterocycles. The van der Waals surface area contributed by atoms with Crippen LogP contribution in [0.3, 0.4) is 0 Å². The molecule has 0 spiro atoms. The van der Waals surface area contributed by atoms with Gasteiger partial charge in [-0.25, -0.2) is 4.68 Å². The Hall–Kier alpha value is -2.97. The zero-order chi connectivity index (χ0) is 16.7. The molecule has 2 aromatic heterocycles. The van der Waals surface area contributed by atoms with Crippen LogP contribution in [0.25, 0.3) is 0 Å². The first-order valence-electron chi connectivity index (χ1n) is 7.09. The minimum atomic E-state index is -0.467. The second-order valence-electron chi connectivity index (χ2n) is 5.52. The maximum Gasteiger partial charge on any atom is 0.277 e. The Balaban J connectivity index is 1.93. The van der Waals surface area contributed by atoms with Crippen molar-refractivity contribution < 1.29 is 9.59 Å². The number of hydrogen-bond donors (Lipinski definition) is 2. The molecule has 0 bridgehead atoms. The number of anilines is 2. The van der Waals surface area contributed by atoms with Gasteiger partial charge in [0.25, 0.3) is 11.5 Å². The molecule has 0 aliphatic carbocycles. The van der Waals surface area contributed by atoms with E-state index < -0.39 is 5.91 Å². The second-order valence-corrected chi connectivity index (χ2v) is 5.52. The van der Waals surface area contributed by atoms with E-state index in [-0.39, 0.29) is 23.1 Å². The van der Waals surface area contributed by atoms with E-state index in [9.17, 15) is 14.4 Å². The lowest BCUT2D eigenvalue weighted by atomic mass is 9.95. The van der Waals surface area contributed by atoms with Crippen molar-refractivity contribution in [2.24, 2.45) is 14.1 Å². The van der Waals surface area contributed by atoms with Crippen LogP contribution in [-0.2, 0) is 18.9 Å². The van der Waals surface area contributed by atoms with Gasteiger partial charge in [-0.2, -0.15) is 10.2 Å². The fraction of sp³-hybridized carbons (Fsp3) is 0.357. The Labute approximate surface area is 131 Å². The SMILES string of the molecule is CC1CC(=O)Nc2c1c(NC(=O)c1ccc(=O)n(C)n1)nn2C. The fourth-order valence-corrected chi connectivity index (χ4v) is 2.61. The van der Waals surface area contributed by atoms with E-state index in [0.717, 1.165) is 10.2 Å². The van der Waals surface area contributed by atoms with Gasteiger partial charge >= 0.3 is 0 Å². The number of nitrogens with zero attached hydrogens (tertiary/aromatic N) is 4. The molecule has 120 valence electrons. The Morgan fingerprint density at radius 2 is 2.00 bits per heavy atom. The van der Waals surface area contributed by atoms with Crippen LogP contribution in [0, 0.1) is 0 Å². The van der Waals surface area contributed by atoms with Crippen LogP contribution in [0.5, 0.6) is 0 Å². The van der Waals surface area contributed by atoms with E-state index in [1.54, 1.807) is 7.05 Å². The number of rotatable bonds is 2. The van der Waals surface area contributed by atoms with Gasteiger partial charge in [-0.1, -0.05) is 6.92 Å². The summed E-state index contributed by atoms with van der Waals surface area (Å²) in [6.07, 6.45) is 0.333. The number of aryl methyl sites for hydroxylation is 2. The van der Waals surface area contributed by atoms with Crippen molar-refractivity contribution in [1.29, 1.82) is 0 Å². The van der Waals surface area contributed by atoms with E-state index in [1.165, 1.54) is 23.9 Å². The van der Waals surface area contributed by atoms with Crippen molar-refractivity contribution in [1.82, 2.24) is 19.6 Å². The molecule has 2 aromatic rings. The van der Waals surface area contributed by atoms with Gasteiger partial charge in [-0.3, -0.25) is 19.1 Å². The van der Waals surface area contributed by atoms with Crippen molar-refractivity contribution in [3.05, 3.63) is 33.7 Å². The van der Waals surface area contributed by atoms with Crippen LogP contribution >= 0.6 is 0 Å². The molecule has 9 nitrogen and oxygen atoms in total. The normalized spacial score (nSPS) is 16.7. The maximum atomic E-state index is 12.3. The van der Waals surface area contributed by atoms with E-state index >= 15 is 0 Å². The molecule has 3 rings (SSSR count). The van der Waals surface area contributed by atoms with Crippen LogP contribution in [0.15, 0.2) is 16.9 Å². The predicted molar refractivity (Wildman–Crippen MR) is 82.3 cm³/mol. The lowest BCUT2D eigenvalue weighted by Crippen LogP contribution is -2.25. The summed E-state index contributed by atoms with van der Waals surface area (Å²) >= 11 is 0. The molecule has 9 heteroatoms. The Bertz CT molecular complexity index is 866. The Morgan fingerprint density at radius 3 is 2.70 bits per heavy atom.